The summed E-state index contributed by atoms with van der Waals surface area (Å²) in [6.45, 7) is 0.139. The predicted octanol–water partition coefficient (Wildman–Crippen LogP) is 3.18. The number of nitrogens with zero attached hydrogens (tertiary/aromatic N) is 2. The minimum Gasteiger partial charge on any atom is -0.483 e. The largest absolute Gasteiger partial charge is 0.483 e. The highest BCUT2D eigenvalue weighted by molar-refractivity contribution is 8.14. The molecule has 0 bridgehead atoms. The first kappa shape index (κ1) is 18.5. The van der Waals surface area contributed by atoms with E-state index in [-0.39, 0.29) is 24.7 Å². The molecule has 1 aliphatic heterocycles. The lowest BCUT2D eigenvalue weighted by atomic mass is 9.92. The lowest BCUT2D eigenvalue weighted by molar-refractivity contribution is -0.142. The van der Waals surface area contributed by atoms with Crippen LogP contribution in [0.3, 0.4) is 0 Å². The number of aliphatic imine (C=N–C) groups is 1. The van der Waals surface area contributed by atoms with Crippen LogP contribution in [0.2, 0.25) is 0 Å². The molecule has 0 spiro atoms. The second-order valence-corrected chi connectivity index (χ2v) is 7.85. The summed E-state index contributed by atoms with van der Waals surface area (Å²) in [5.74, 6) is -0.221. The second-order valence-electron chi connectivity index (χ2n) is 6.81. The first-order chi connectivity index (χ1) is 13.4. The summed E-state index contributed by atoms with van der Waals surface area (Å²) in [7, 11) is 0. The van der Waals surface area contributed by atoms with Gasteiger partial charge in [0.05, 0.1) is 0 Å². The number of aromatic nitrogens is 1. The zero-order valence-corrected chi connectivity index (χ0v) is 15.7. The van der Waals surface area contributed by atoms with Crippen molar-refractivity contribution in [2.75, 3.05) is 18.1 Å². The highest BCUT2D eigenvalue weighted by atomic mass is 32.2. The highest BCUT2D eigenvalue weighted by Crippen LogP contribution is 2.38. The van der Waals surface area contributed by atoms with Gasteiger partial charge in [0, 0.05) is 18.4 Å². The van der Waals surface area contributed by atoms with Crippen molar-refractivity contribution in [3.8, 4) is 5.75 Å². The first-order valence-electron chi connectivity index (χ1n) is 8.71. The Labute approximate surface area is 165 Å². The van der Waals surface area contributed by atoms with E-state index in [0.29, 0.717) is 23.0 Å². The Morgan fingerprint density at radius 3 is 3.04 bits per heavy atom. The van der Waals surface area contributed by atoms with E-state index in [2.05, 4.69) is 9.98 Å². The van der Waals surface area contributed by atoms with Crippen LogP contribution in [0.5, 0.6) is 5.75 Å². The summed E-state index contributed by atoms with van der Waals surface area (Å²) >= 11 is 1.37. The number of carboxylic acids is 1. The Kier molecular flexibility index (Phi) is 4.80. The van der Waals surface area contributed by atoms with Gasteiger partial charge in [0.1, 0.15) is 17.5 Å². The van der Waals surface area contributed by atoms with Crippen LogP contribution in [0.4, 0.5) is 10.2 Å². The van der Waals surface area contributed by atoms with Crippen LogP contribution in [0.25, 0.3) is 6.08 Å². The molecule has 1 aromatic heterocycles. The van der Waals surface area contributed by atoms with Gasteiger partial charge >= 0.3 is 5.97 Å². The van der Waals surface area contributed by atoms with Gasteiger partial charge in [-0.2, -0.15) is 0 Å². The fourth-order valence-electron chi connectivity index (χ4n) is 3.39. The number of thioether (sulfide) groups is 1. The SMILES string of the molecule is Nc1ncccc1OCC1=NC(CC2=Cc3ccc(F)cc3C2)(C(=O)O)CS1. The van der Waals surface area contributed by atoms with Crippen molar-refractivity contribution in [3.05, 3.63) is 59.0 Å². The topological polar surface area (TPSA) is 97.8 Å². The van der Waals surface area contributed by atoms with Crippen molar-refractivity contribution in [1.29, 1.82) is 0 Å². The molecule has 0 saturated heterocycles. The molecule has 6 nitrogen and oxygen atoms in total. The zero-order chi connectivity index (χ0) is 19.7. The molecule has 28 heavy (non-hydrogen) atoms. The van der Waals surface area contributed by atoms with Gasteiger partial charge < -0.3 is 15.6 Å². The van der Waals surface area contributed by atoms with Crippen LogP contribution >= 0.6 is 11.8 Å². The van der Waals surface area contributed by atoms with Gasteiger partial charge in [0.25, 0.3) is 0 Å². The second kappa shape index (κ2) is 7.27. The van der Waals surface area contributed by atoms with Crippen LogP contribution in [0.1, 0.15) is 17.5 Å². The van der Waals surface area contributed by atoms with E-state index in [1.54, 1.807) is 24.4 Å². The monoisotopic (exact) mass is 399 g/mol. The molecule has 0 fully saturated rings. The minimum atomic E-state index is -1.24. The van der Waals surface area contributed by atoms with Crippen LogP contribution in [0, 0.1) is 5.82 Å². The minimum absolute atomic E-state index is 0.139. The van der Waals surface area contributed by atoms with E-state index in [1.807, 2.05) is 6.08 Å². The summed E-state index contributed by atoms with van der Waals surface area (Å²) in [6.07, 6.45) is 4.33. The van der Waals surface area contributed by atoms with Crippen molar-refractivity contribution >= 4 is 34.7 Å². The molecule has 4 rings (SSSR count). The number of pyridine rings is 1. The molecule has 2 heterocycles. The van der Waals surface area contributed by atoms with Gasteiger partial charge in [0.2, 0.25) is 0 Å². The Hall–Kier alpha value is -2.87. The fraction of sp³-hybridized carbons (Fsp3) is 0.250. The molecule has 1 unspecified atom stereocenters. The average Bonchev–Trinajstić information content (AvgIpc) is 3.25. The number of carbonyl (C=O) groups is 1. The third-order valence-electron chi connectivity index (χ3n) is 4.77. The van der Waals surface area contributed by atoms with Crippen molar-refractivity contribution in [2.24, 2.45) is 4.99 Å². The van der Waals surface area contributed by atoms with Crippen molar-refractivity contribution in [1.82, 2.24) is 4.98 Å². The molecule has 0 radical (unpaired) electrons. The number of fused-ring (bicyclic) bond motifs is 1. The van der Waals surface area contributed by atoms with Crippen LogP contribution < -0.4 is 10.5 Å². The highest BCUT2D eigenvalue weighted by Gasteiger charge is 2.44. The predicted molar refractivity (Wildman–Crippen MR) is 107 cm³/mol. The lowest BCUT2D eigenvalue weighted by Crippen LogP contribution is -2.37. The maximum absolute atomic E-state index is 13.4. The maximum Gasteiger partial charge on any atom is 0.332 e. The van der Waals surface area contributed by atoms with Crippen molar-refractivity contribution < 1.29 is 19.0 Å². The standard InChI is InChI=1S/C20H18FN3O3S/c21-15-4-3-13-6-12(7-14(13)8-15)9-20(19(25)26)11-28-17(24-20)10-27-16-2-1-5-23-18(16)22/h1-6,8H,7,9-11H2,(H2,22,23)(H,25,26). The number of nitrogen functional groups attached to an aromatic ring is 1. The molecular formula is C20H18FN3O3S. The van der Waals surface area contributed by atoms with Gasteiger partial charge in [0.15, 0.2) is 17.1 Å². The number of halogens is 1. The van der Waals surface area contributed by atoms with Crippen LogP contribution in [-0.2, 0) is 11.2 Å². The molecule has 3 N–H and O–H groups in total. The molecule has 1 aromatic carbocycles. The van der Waals surface area contributed by atoms with Crippen molar-refractivity contribution in [2.45, 2.75) is 18.4 Å². The lowest BCUT2D eigenvalue weighted by Gasteiger charge is -2.20. The smallest absolute Gasteiger partial charge is 0.332 e. The van der Waals surface area contributed by atoms with E-state index < -0.39 is 11.5 Å². The Balaban J connectivity index is 1.48. The first-order valence-corrected chi connectivity index (χ1v) is 9.70. The molecular weight excluding hydrogens is 381 g/mol. The number of hydrogen-bond donors (Lipinski definition) is 2. The van der Waals surface area contributed by atoms with Gasteiger partial charge in [-0.15, -0.1) is 11.8 Å². The number of anilines is 1. The number of nitrogens with two attached hydrogens (primary N) is 1. The number of ether oxygens (including phenoxy) is 1. The summed E-state index contributed by atoms with van der Waals surface area (Å²) < 4.78 is 19.1. The normalized spacial score (nSPS) is 20.5. The Morgan fingerprint density at radius 2 is 2.25 bits per heavy atom. The molecule has 0 amide bonds. The molecule has 1 aliphatic carbocycles. The summed E-state index contributed by atoms with van der Waals surface area (Å²) in [5.41, 5.74) is 7.26. The number of rotatable bonds is 6. The molecule has 2 aliphatic rings. The van der Waals surface area contributed by atoms with E-state index in [9.17, 15) is 14.3 Å². The molecule has 144 valence electrons. The number of benzene rings is 1. The van der Waals surface area contributed by atoms with E-state index >= 15 is 0 Å². The number of aliphatic carboxylic acids is 1. The maximum atomic E-state index is 13.4. The third kappa shape index (κ3) is 3.60. The zero-order valence-electron chi connectivity index (χ0n) is 14.9. The van der Waals surface area contributed by atoms with E-state index in [4.69, 9.17) is 10.5 Å². The summed E-state index contributed by atoms with van der Waals surface area (Å²) in [4.78, 5) is 20.5. The van der Waals surface area contributed by atoms with Crippen LogP contribution in [-0.4, -0.2) is 39.0 Å². The summed E-state index contributed by atoms with van der Waals surface area (Å²) in [5, 5.41) is 10.5. The Bertz CT molecular complexity index is 1010. The fourth-order valence-corrected chi connectivity index (χ4v) is 4.47. The molecule has 1 atom stereocenters. The summed E-state index contributed by atoms with van der Waals surface area (Å²) in [6, 6.07) is 8.04. The van der Waals surface area contributed by atoms with Crippen LogP contribution in [0.15, 0.2) is 47.1 Å². The van der Waals surface area contributed by atoms with Gasteiger partial charge in [-0.3, -0.25) is 4.99 Å². The Morgan fingerprint density at radius 1 is 1.39 bits per heavy atom. The number of hydrogen-bond acceptors (Lipinski definition) is 6. The van der Waals surface area contributed by atoms with Gasteiger partial charge in [-0.1, -0.05) is 17.7 Å². The van der Waals surface area contributed by atoms with Crippen molar-refractivity contribution in [3.63, 3.8) is 0 Å². The number of carboxylic acid groups (broad SMARTS) is 1. The van der Waals surface area contributed by atoms with E-state index in [0.717, 1.165) is 16.7 Å². The third-order valence-corrected chi connectivity index (χ3v) is 5.93. The average molecular weight is 399 g/mol. The van der Waals surface area contributed by atoms with Gasteiger partial charge in [-0.25, -0.2) is 14.2 Å². The quantitative estimate of drug-likeness (QED) is 0.774. The van der Waals surface area contributed by atoms with Gasteiger partial charge in [-0.05, 0) is 41.8 Å². The molecule has 8 heteroatoms. The molecule has 2 aromatic rings. The molecule has 0 saturated carbocycles. The van der Waals surface area contributed by atoms with E-state index in [1.165, 1.54) is 23.9 Å².